The highest BCUT2D eigenvalue weighted by Gasteiger charge is 2.20. The first-order valence-electron chi connectivity index (χ1n) is 7.34. The number of carbonyl (C=O) groups excluding carboxylic acids is 1. The second kappa shape index (κ2) is 8.52. The Morgan fingerprint density at radius 3 is 2.22 bits per heavy atom. The Hall–Kier alpha value is -0.570. The molecule has 2 unspecified atom stereocenters. The van der Waals surface area contributed by atoms with Gasteiger partial charge in [-0.15, -0.1) is 0 Å². The van der Waals surface area contributed by atoms with Crippen molar-refractivity contribution in [1.29, 1.82) is 0 Å². The molecule has 0 aromatic heterocycles. The first-order chi connectivity index (χ1) is 8.26. The van der Waals surface area contributed by atoms with Crippen molar-refractivity contribution in [1.82, 2.24) is 10.6 Å². The summed E-state index contributed by atoms with van der Waals surface area (Å²) in [6.07, 6.45) is 6.27. The highest BCUT2D eigenvalue weighted by Crippen LogP contribution is 2.06. The van der Waals surface area contributed by atoms with Gasteiger partial charge in [0.1, 0.15) is 0 Å². The van der Waals surface area contributed by atoms with Crippen LogP contribution in [0.2, 0.25) is 0 Å². The maximum atomic E-state index is 11.9. The molecule has 1 amide bonds. The summed E-state index contributed by atoms with van der Waals surface area (Å²) in [7, 11) is 0. The van der Waals surface area contributed by atoms with Crippen LogP contribution in [-0.4, -0.2) is 23.5 Å². The van der Waals surface area contributed by atoms with Crippen molar-refractivity contribution in [3.05, 3.63) is 0 Å². The van der Waals surface area contributed by atoms with Crippen LogP contribution in [0.4, 0.5) is 0 Å². The third-order valence-corrected chi connectivity index (χ3v) is 2.92. The molecule has 0 fully saturated rings. The van der Waals surface area contributed by atoms with Crippen LogP contribution in [-0.2, 0) is 4.79 Å². The Labute approximate surface area is 113 Å². The Morgan fingerprint density at radius 1 is 1.11 bits per heavy atom. The lowest BCUT2D eigenvalue weighted by atomic mass is 10.1. The molecule has 2 atom stereocenters. The van der Waals surface area contributed by atoms with E-state index in [9.17, 15) is 4.79 Å². The van der Waals surface area contributed by atoms with Crippen molar-refractivity contribution in [3.63, 3.8) is 0 Å². The van der Waals surface area contributed by atoms with Gasteiger partial charge < -0.3 is 10.6 Å². The summed E-state index contributed by atoms with van der Waals surface area (Å²) in [5.41, 5.74) is -0.155. The van der Waals surface area contributed by atoms with Gasteiger partial charge in [-0.1, -0.05) is 32.6 Å². The van der Waals surface area contributed by atoms with Gasteiger partial charge in [-0.3, -0.25) is 4.79 Å². The van der Waals surface area contributed by atoms with Crippen LogP contribution in [0.3, 0.4) is 0 Å². The maximum Gasteiger partial charge on any atom is 0.237 e. The molecule has 0 spiro atoms. The standard InChI is InChI=1S/C15H32N2O/c1-7-8-9-10-11-12(2)16-13(3)14(18)17-15(4,5)6/h12-13,16H,7-11H2,1-6H3,(H,17,18). The van der Waals surface area contributed by atoms with Gasteiger partial charge in [-0.25, -0.2) is 0 Å². The molecule has 0 aliphatic carbocycles. The topological polar surface area (TPSA) is 41.1 Å². The van der Waals surface area contributed by atoms with Crippen molar-refractivity contribution in [3.8, 4) is 0 Å². The van der Waals surface area contributed by atoms with Crippen molar-refractivity contribution >= 4 is 5.91 Å². The zero-order chi connectivity index (χ0) is 14.2. The predicted octanol–water partition coefficient (Wildman–Crippen LogP) is 3.24. The van der Waals surface area contributed by atoms with Crippen LogP contribution in [0.1, 0.15) is 73.6 Å². The number of carbonyl (C=O) groups is 1. The Kier molecular flexibility index (Phi) is 8.25. The second-order valence-corrected chi connectivity index (χ2v) is 6.38. The summed E-state index contributed by atoms with van der Waals surface area (Å²) >= 11 is 0. The first kappa shape index (κ1) is 17.4. The van der Waals surface area contributed by atoms with Gasteiger partial charge in [0, 0.05) is 11.6 Å². The van der Waals surface area contributed by atoms with E-state index >= 15 is 0 Å². The summed E-state index contributed by atoms with van der Waals surface area (Å²) in [4.78, 5) is 11.9. The van der Waals surface area contributed by atoms with Gasteiger partial charge in [0.25, 0.3) is 0 Å². The van der Waals surface area contributed by atoms with Crippen LogP contribution in [0, 0.1) is 0 Å². The fourth-order valence-corrected chi connectivity index (χ4v) is 1.94. The van der Waals surface area contributed by atoms with E-state index in [1.54, 1.807) is 0 Å². The second-order valence-electron chi connectivity index (χ2n) is 6.38. The van der Waals surface area contributed by atoms with E-state index in [1.807, 2.05) is 27.7 Å². The third kappa shape index (κ3) is 9.46. The van der Waals surface area contributed by atoms with Crippen LogP contribution < -0.4 is 10.6 Å². The molecule has 0 aliphatic rings. The molecule has 2 N–H and O–H groups in total. The number of rotatable bonds is 8. The molecule has 108 valence electrons. The van der Waals surface area contributed by atoms with Gasteiger partial charge in [0.05, 0.1) is 6.04 Å². The summed E-state index contributed by atoms with van der Waals surface area (Å²) < 4.78 is 0. The average molecular weight is 256 g/mol. The minimum Gasteiger partial charge on any atom is -0.350 e. The molecular weight excluding hydrogens is 224 g/mol. The molecule has 0 bridgehead atoms. The van der Waals surface area contributed by atoms with E-state index < -0.39 is 0 Å². The summed E-state index contributed by atoms with van der Waals surface area (Å²) in [6.45, 7) is 12.3. The molecule has 0 aromatic rings. The van der Waals surface area contributed by atoms with Crippen molar-refractivity contribution in [2.24, 2.45) is 0 Å². The number of nitrogens with one attached hydrogen (secondary N) is 2. The largest absolute Gasteiger partial charge is 0.350 e. The lowest BCUT2D eigenvalue weighted by Crippen LogP contribution is -2.51. The van der Waals surface area contributed by atoms with Gasteiger partial charge in [-0.2, -0.15) is 0 Å². The molecule has 0 aliphatic heterocycles. The van der Waals surface area contributed by atoms with E-state index in [0.717, 1.165) is 6.42 Å². The smallest absolute Gasteiger partial charge is 0.237 e. The van der Waals surface area contributed by atoms with Crippen LogP contribution in [0.15, 0.2) is 0 Å². The molecule has 0 radical (unpaired) electrons. The number of unbranched alkanes of at least 4 members (excludes halogenated alkanes) is 3. The SMILES string of the molecule is CCCCCCC(C)NC(C)C(=O)NC(C)(C)C. The molecule has 3 heteroatoms. The molecular formula is C15H32N2O. The molecule has 0 saturated heterocycles. The Bertz CT molecular complexity index is 233. The quantitative estimate of drug-likeness (QED) is 0.655. The fourth-order valence-electron chi connectivity index (χ4n) is 1.94. The van der Waals surface area contributed by atoms with E-state index in [4.69, 9.17) is 0 Å². The lowest BCUT2D eigenvalue weighted by Gasteiger charge is -2.25. The summed E-state index contributed by atoms with van der Waals surface area (Å²) in [6, 6.07) is 0.285. The first-order valence-corrected chi connectivity index (χ1v) is 7.34. The van der Waals surface area contributed by atoms with E-state index in [1.165, 1.54) is 25.7 Å². The van der Waals surface area contributed by atoms with Crippen molar-refractivity contribution < 1.29 is 4.79 Å². The minimum atomic E-state index is -0.155. The lowest BCUT2D eigenvalue weighted by molar-refractivity contribution is -0.124. The zero-order valence-corrected chi connectivity index (χ0v) is 13.1. The maximum absolute atomic E-state index is 11.9. The van der Waals surface area contributed by atoms with Crippen LogP contribution in [0.25, 0.3) is 0 Å². The van der Waals surface area contributed by atoms with Gasteiger partial charge >= 0.3 is 0 Å². The highest BCUT2D eigenvalue weighted by molar-refractivity contribution is 5.81. The van der Waals surface area contributed by atoms with Gasteiger partial charge in [-0.05, 0) is 41.0 Å². The number of hydrogen-bond donors (Lipinski definition) is 2. The van der Waals surface area contributed by atoms with Crippen molar-refractivity contribution in [2.45, 2.75) is 91.3 Å². The molecule has 0 rings (SSSR count). The Morgan fingerprint density at radius 2 is 1.72 bits per heavy atom. The number of amides is 1. The van der Waals surface area contributed by atoms with Crippen molar-refractivity contribution in [2.75, 3.05) is 0 Å². The van der Waals surface area contributed by atoms with Crippen LogP contribution >= 0.6 is 0 Å². The molecule has 0 saturated carbocycles. The van der Waals surface area contributed by atoms with E-state index in [0.29, 0.717) is 6.04 Å². The van der Waals surface area contributed by atoms with E-state index in [2.05, 4.69) is 24.5 Å². The fraction of sp³-hybridized carbons (Fsp3) is 0.933. The monoisotopic (exact) mass is 256 g/mol. The summed E-state index contributed by atoms with van der Waals surface area (Å²) in [5, 5.41) is 6.37. The number of hydrogen-bond acceptors (Lipinski definition) is 2. The molecule has 18 heavy (non-hydrogen) atoms. The highest BCUT2D eigenvalue weighted by atomic mass is 16.2. The third-order valence-electron chi connectivity index (χ3n) is 2.92. The molecule has 0 aromatic carbocycles. The summed E-state index contributed by atoms with van der Waals surface area (Å²) in [5.74, 6) is 0.0860. The predicted molar refractivity (Wildman–Crippen MR) is 78.7 cm³/mol. The molecule has 0 heterocycles. The minimum absolute atomic E-state index is 0.0860. The van der Waals surface area contributed by atoms with Gasteiger partial charge in [0.15, 0.2) is 0 Å². The zero-order valence-electron chi connectivity index (χ0n) is 13.1. The van der Waals surface area contributed by atoms with Crippen LogP contribution in [0.5, 0.6) is 0 Å². The normalized spacial score (nSPS) is 15.2. The molecule has 3 nitrogen and oxygen atoms in total. The van der Waals surface area contributed by atoms with E-state index in [-0.39, 0.29) is 17.5 Å². The van der Waals surface area contributed by atoms with Gasteiger partial charge in [0.2, 0.25) is 5.91 Å². The average Bonchev–Trinajstić information content (AvgIpc) is 2.22. The Balaban J connectivity index is 3.85.